The van der Waals surface area contributed by atoms with Gasteiger partial charge in [-0.25, -0.2) is 14.8 Å². The average Bonchev–Trinajstić information content (AvgIpc) is 2.97. The number of furan rings is 1. The Kier molecular flexibility index (Phi) is 7.10. The number of halogens is 3. The minimum absolute atomic E-state index is 0.0191. The summed E-state index contributed by atoms with van der Waals surface area (Å²) in [5.74, 6) is -1.31. The van der Waals surface area contributed by atoms with Gasteiger partial charge >= 0.3 is 12.1 Å². The number of pyridine rings is 1. The van der Waals surface area contributed by atoms with Gasteiger partial charge in [0, 0.05) is 48.7 Å². The number of aliphatic carboxylic acids is 1. The maximum Gasteiger partial charge on any atom is 0.490 e. The molecule has 3 aromatic rings. The van der Waals surface area contributed by atoms with E-state index in [9.17, 15) is 18.0 Å². The molecule has 0 radical (unpaired) electrons. The number of fused-ring (bicyclic) bond motifs is 1. The number of carbonyl (C=O) groups excluding carboxylic acids is 1. The first-order chi connectivity index (χ1) is 15.6. The van der Waals surface area contributed by atoms with Crippen LogP contribution in [0.4, 0.5) is 13.2 Å². The molecule has 8 nitrogen and oxygen atoms in total. The molecule has 174 valence electrons. The molecule has 0 saturated heterocycles. The number of carboxylic acid groups (broad SMARTS) is 1. The van der Waals surface area contributed by atoms with Crippen LogP contribution in [0.2, 0.25) is 0 Å². The molecule has 0 bridgehead atoms. The number of hydrogen-bond acceptors (Lipinski definition) is 6. The van der Waals surface area contributed by atoms with E-state index in [1.807, 2.05) is 36.9 Å². The van der Waals surface area contributed by atoms with E-state index >= 15 is 0 Å². The second-order valence-corrected chi connectivity index (χ2v) is 7.31. The fourth-order valence-corrected chi connectivity index (χ4v) is 3.50. The predicted molar refractivity (Wildman–Crippen MR) is 110 cm³/mol. The lowest BCUT2D eigenvalue weighted by Gasteiger charge is -2.19. The summed E-state index contributed by atoms with van der Waals surface area (Å²) < 4.78 is 37.3. The maximum atomic E-state index is 12.9. The van der Waals surface area contributed by atoms with Crippen LogP contribution in [0.1, 0.15) is 33.1 Å². The number of hydrogen-bond donors (Lipinski definition) is 1. The van der Waals surface area contributed by atoms with Crippen molar-refractivity contribution in [1.82, 2.24) is 19.9 Å². The van der Waals surface area contributed by atoms with Crippen LogP contribution >= 0.6 is 0 Å². The summed E-state index contributed by atoms with van der Waals surface area (Å²) in [6.45, 7) is 4.97. The quantitative estimate of drug-likeness (QED) is 0.619. The largest absolute Gasteiger partial charge is 0.490 e. The van der Waals surface area contributed by atoms with Crippen molar-refractivity contribution in [2.75, 3.05) is 13.1 Å². The Morgan fingerprint density at radius 2 is 1.73 bits per heavy atom. The smallest absolute Gasteiger partial charge is 0.475 e. The molecule has 1 aliphatic rings. The standard InChI is InChI=1S/C20H20N4O2.C2HF3O2/c1-13-11-17(14(2)26-13)20(25)24-9-5-16-18(6-10-24)22-12-23-19(16)15-3-7-21-8-4-15;3-2(4,5)1(6)7/h3-4,7-8,11-12H,5-6,9-10H2,1-2H3;(H,6,7). The lowest BCUT2D eigenvalue weighted by Crippen LogP contribution is -2.33. The molecule has 0 atom stereocenters. The van der Waals surface area contributed by atoms with Gasteiger partial charge in [0.1, 0.15) is 17.8 Å². The van der Waals surface area contributed by atoms with E-state index in [0.717, 1.165) is 41.1 Å². The molecule has 33 heavy (non-hydrogen) atoms. The average molecular weight is 462 g/mol. The Bertz CT molecular complexity index is 1150. The lowest BCUT2D eigenvalue weighted by atomic mass is 10.0. The second kappa shape index (κ2) is 9.80. The van der Waals surface area contributed by atoms with Gasteiger partial charge in [0.25, 0.3) is 5.91 Å². The third-order valence-electron chi connectivity index (χ3n) is 5.04. The van der Waals surface area contributed by atoms with Crippen LogP contribution in [0.25, 0.3) is 11.3 Å². The molecule has 0 saturated carbocycles. The highest BCUT2D eigenvalue weighted by molar-refractivity contribution is 5.95. The Labute approximate surface area is 187 Å². The minimum atomic E-state index is -5.08. The molecule has 0 aliphatic carbocycles. The van der Waals surface area contributed by atoms with Crippen molar-refractivity contribution in [2.45, 2.75) is 32.9 Å². The van der Waals surface area contributed by atoms with Crippen LogP contribution < -0.4 is 0 Å². The molecule has 1 amide bonds. The van der Waals surface area contributed by atoms with E-state index in [1.54, 1.807) is 18.7 Å². The summed E-state index contributed by atoms with van der Waals surface area (Å²) in [4.78, 5) is 36.7. The molecule has 3 aromatic heterocycles. The highest BCUT2D eigenvalue weighted by Crippen LogP contribution is 2.26. The molecule has 0 spiro atoms. The number of alkyl halides is 3. The van der Waals surface area contributed by atoms with Gasteiger partial charge in [-0.3, -0.25) is 9.78 Å². The zero-order chi connectivity index (χ0) is 24.2. The normalized spacial score (nSPS) is 13.4. The number of rotatable bonds is 2. The fourth-order valence-electron chi connectivity index (χ4n) is 3.50. The van der Waals surface area contributed by atoms with Crippen LogP contribution in [-0.2, 0) is 17.6 Å². The van der Waals surface area contributed by atoms with Crippen molar-refractivity contribution in [2.24, 2.45) is 0 Å². The van der Waals surface area contributed by atoms with Gasteiger partial charge in [0.05, 0.1) is 11.3 Å². The molecular formula is C22H21F3N4O4. The number of aromatic nitrogens is 3. The van der Waals surface area contributed by atoms with Crippen LogP contribution in [0.5, 0.6) is 0 Å². The SMILES string of the molecule is Cc1cc(C(=O)N2CCc3ncnc(-c4ccncc4)c3CC2)c(C)o1.O=C(O)C(F)(F)F. The van der Waals surface area contributed by atoms with E-state index in [4.69, 9.17) is 14.3 Å². The molecule has 4 rings (SSSR count). The maximum absolute atomic E-state index is 12.9. The molecule has 0 fully saturated rings. The second-order valence-electron chi connectivity index (χ2n) is 7.31. The monoisotopic (exact) mass is 462 g/mol. The number of carbonyl (C=O) groups is 2. The first kappa shape index (κ1) is 23.9. The van der Waals surface area contributed by atoms with E-state index in [0.29, 0.717) is 24.4 Å². The van der Waals surface area contributed by atoms with Gasteiger partial charge in [-0.05, 0) is 38.5 Å². The Hall–Kier alpha value is -3.76. The van der Waals surface area contributed by atoms with Gasteiger partial charge in [0.2, 0.25) is 0 Å². The van der Waals surface area contributed by atoms with Crippen LogP contribution in [0, 0.1) is 13.8 Å². The van der Waals surface area contributed by atoms with E-state index in [2.05, 4.69) is 15.0 Å². The fraction of sp³-hybridized carbons (Fsp3) is 0.318. The Balaban J connectivity index is 0.000000383. The van der Waals surface area contributed by atoms with Crippen molar-refractivity contribution in [3.63, 3.8) is 0 Å². The Morgan fingerprint density at radius 1 is 1.09 bits per heavy atom. The highest BCUT2D eigenvalue weighted by Gasteiger charge is 2.38. The molecule has 4 heterocycles. The van der Waals surface area contributed by atoms with Gasteiger partial charge in [0.15, 0.2) is 0 Å². The number of aryl methyl sites for hydroxylation is 2. The summed E-state index contributed by atoms with van der Waals surface area (Å²) in [6, 6.07) is 5.72. The number of nitrogens with zero attached hydrogens (tertiary/aromatic N) is 4. The number of carboxylic acids is 1. The molecule has 0 unspecified atom stereocenters. The van der Waals surface area contributed by atoms with Gasteiger partial charge in [-0.2, -0.15) is 13.2 Å². The Morgan fingerprint density at radius 3 is 2.30 bits per heavy atom. The van der Waals surface area contributed by atoms with Crippen LogP contribution in [-0.4, -0.2) is 56.1 Å². The highest BCUT2D eigenvalue weighted by atomic mass is 19.4. The number of amides is 1. The third-order valence-corrected chi connectivity index (χ3v) is 5.04. The summed E-state index contributed by atoms with van der Waals surface area (Å²) in [5.41, 5.74) is 4.74. The van der Waals surface area contributed by atoms with E-state index in [-0.39, 0.29) is 5.91 Å². The van der Waals surface area contributed by atoms with Crippen LogP contribution in [0.3, 0.4) is 0 Å². The molecular weight excluding hydrogens is 441 g/mol. The zero-order valence-electron chi connectivity index (χ0n) is 17.9. The first-order valence-electron chi connectivity index (χ1n) is 9.97. The predicted octanol–water partition coefficient (Wildman–Crippen LogP) is 3.62. The van der Waals surface area contributed by atoms with Gasteiger partial charge < -0.3 is 14.4 Å². The minimum Gasteiger partial charge on any atom is -0.475 e. The summed E-state index contributed by atoms with van der Waals surface area (Å²) >= 11 is 0. The van der Waals surface area contributed by atoms with Crippen molar-refractivity contribution >= 4 is 11.9 Å². The van der Waals surface area contributed by atoms with Crippen molar-refractivity contribution in [1.29, 1.82) is 0 Å². The van der Waals surface area contributed by atoms with Gasteiger partial charge in [-0.1, -0.05) is 0 Å². The van der Waals surface area contributed by atoms with Crippen molar-refractivity contribution < 1.29 is 32.3 Å². The summed E-state index contributed by atoms with van der Waals surface area (Å²) in [7, 11) is 0. The van der Waals surface area contributed by atoms with E-state index < -0.39 is 12.1 Å². The lowest BCUT2D eigenvalue weighted by molar-refractivity contribution is -0.192. The molecule has 1 aliphatic heterocycles. The summed E-state index contributed by atoms with van der Waals surface area (Å²) in [6.07, 6.45) is 1.50. The third kappa shape index (κ3) is 5.73. The van der Waals surface area contributed by atoms with Crippen LogP contribution in [0.15, 0.2) is 41.3 Å². The zero-order valence-corrected chi connectivity index (χ0v) is 17.9. The molecule has 0 aromatic carbocycles. The topological polar surface area (TPSA) is 109 Å². The summed E-state index contributed by atoms with van der Waals surface area (Å²) in [5, 5.41) is 7.12. The molecule has 11 heteroatoms. The van der Waals surface area contributed by atoms with Crippen molar-refractivity contribution in [3.05, 3.63) is 65.3 Å². The molecule has 1 N–H and O–H groups in total. The first-order valence-corrected chi connectivity index (χ1v) is 9.97. The van der Waals surface area contributed by atoms with Crippen molar-refractivity contribution in [3.8, 4) is 11.3 Å². The van der Waals surface area contributed by atoms with E-state index in [1.165, 1.54) is 0 Å². The van der Waals surface area contributed by atoms with Gasteiger partial charge in [-0.15, -0.1) is 0 Å².